The predicted molar refractivity (Wildman–Crippen MR) is 57.8 cm³/mol. The number of rotatable bonds is 0. The van der Waals surface area contributed by atoms with E-state index in [4.69, 9.17) is 0 Å². The Morgan fingerprint density at radius 3 is 2.87 bits per heavy atom. The lowest BCUT2D eigenvalue weighted by molar-refractivity contribution is 0.340. The first-order chi connectivity index (χ1) is 7.27. The first-order valence-electron chi connectivity index (χ1n) is 4.97. The second kappa shape index (κ2) is 2.97. The Balaban J connectivity index is 2.32. The minimum Gasteiger partial charge on any atom is -0.467 e. The maximum Gasteiger partial charge on any atom is 0.0510 e. The Labute approximate surface area is 88.6 Å². The van der Waals surface area contributed by atoms with E-state index in [1.165, 1.54) is 11.3 Å². The van der Waals surface area contributed by atoms with Gasteiger partial charge in [-0.1, -0.05) is 11.3 Å². The van der Waals surface area contributed by atoms with E-state index >= 15 is 0 Å². The minimum atomic E-state index is 0.830. The molecule has 0 spiro atoms. The Morgan fingerprint density at radius 1 is 1.20 bits per heavy atom. The summed E-state index contributed by atoms with van der Waals surface area (Å²) in [5, 5.41) is 0. The molecule has 78 valence electrons. The van der Waals surface area contributed by atoms with Crippen LogP contribution in [-0.2, 0) is 13.0 Å². The van der Waals surface area contributed by atoms with Crippen molar-refractivity contribution in [3.8, 4) is 0 Å². The minimum absolute atomic E-state index is 0.830. The number of aromatic nitrogens is 3. The second-order valence-corrected chi connectivity index (χ2v) is 3.88. The maximum absolute atomic E-state index is 4.38. The van der Waals surface area contributed by atoms with Crippen molar-refractivity contribution >= 4 is 11.2 Å². The Hall–Kier alpha value is -1.55. The third-order valence-electron chi connectivity index (χ3n) is 2.95. The van der Waals surface area contributed by atoms with Crippen LogP contribution in [0.5, 0.6) is 0 Å². The number of hydrogen-bond donors (Lipinski definition) is 0. The molecule has 0 saturated carbocycles. The maximum atomic E-state index is 4.38. The van der Waals surface area contributed by atoms with Crippen molar-refractivity contribution in [1.29, 1.82) is 0 Å². The zero-order valence-corrected chi connectivity index (χ0v) is 8.48. The standard InChI is InChI=1S/C11H12N4/c1-14-6-3-8-9(7-14)15(2)11-10(8)12-4-5-13-11/h4-5H,1-3,6-7H2/q-2. The molecule has 0 bridgehead atoms. The zero-order valence-electron chi connectivity index (χ0n) is 8.48. The molecule has 0 aliphatic carbocycles. The highest BCUT2D eigenvalue weighted by atomic mass is 15.1. The normalized spacial score (nSPS) is 16.9. The molecule has 3 heterocycles. The molecular formula is C11H12N4-2. The van der Waals surface area contributed by atoms with Gasteiger partial charge >= 0.3 is 0 Å². The molecule has 0 unspecified atom stereocenters. The molecule has 3 rings (SSSR count). The molecule has 0 saturated heterocycles. The van der Waals surface area contributed by atoms with Gasteiger partial charge in [0.1, 0.15) is 0 Å². The van der Waals surface area contributed by atoms with Crippen molar-refractivity contribution in [2.24, 2.45) is 0 Å². The van der Waals surface area contributed by atoms with Gasteiger partial charge in [0.2, 0.25) is 0 Å². The number of hydrogen-bond acceptors (Lipinski definition) is 3. The van der Waals surface area contributed by atoms with Crippen molar-refractivity contribution < 1.29 is 0 Å². The Bertz CT molecular complexity index is 515. The second-order valence-electron chi connectivity index (χ2n) is 3.88. The molecule has 15 heavy (non-hydrogen) atoms. The lowest BCUT2D eigenvalue weighted by Crippen LogP contribution is -2.25. The number of nitrogens with zero attached hydrogens (tertiary/aromatic N) is 4. The van der Waals surface area contributed by atoms with Gasteiger partial charge < -0.3 is 9.47 Å². The molecular weight excluding hydrogens is 188 g/mol. The van der Waals surface area contributed by atoms with Gasteiger partial charge in [0.15, 0.2) is 0 Å². The van der Waals surface area contributed by atoms with Crippen LogP contribution in [0, 0.1) is 14.1 Å². The van der Waals surface area contributed by atoms with E-state index in [-0.39, 0.29) is 0 Å². The van der Waals surface area contributed by atoms with Crippen LogP contribution in [-0.4, -0.2) is 26.0 Å². The molecule has 4 heteroatoms. The van der Waals surface area contributed by atoms with Gasteiger partial charge in [-0.15, -0.1) is 7.05 Å². The predicted octanol–water partition coefficient (Wildman–Crippen LogP) is 1.22. The fourth-order valence-corrected chi connectivity index (χ4v) is 2.17. The molecule has 4 nitrogen and oxygen atoms in total. The van der Waals surface area contributed by atoms with E-state index in [1.807, 2.05) is 9.47 Å². The van der Waals surface area contributed by atoms with Gasteiger partial charge in [-0.3, -0.25) is 17.0 Å². The summed E-state index contributed by atoms with van der Waals surface area (Å²) in [6, 6.07) is 0. The highest BCUT2D eigenvalue weighted by molar-refractivity contribution is 5.78. The third-order valence-corrected chi connectivity index (χ3v) is 2.95. The largest absolute Gasteiger partial charge is 0.467 e. The smallest absolute Gasteiger partial charge is 0.0510 e. The summed E-state index contributed by atoms with van der Waals surface area (Å²) in [6.45, 7) is 1.81. The molecule has 0 amide bonds. The highest BCUT2D eigenvalue weighted by Crippen LogP contribution is 2.26. The summed E-state index contributed by atoms with van der Waals surface area (Å²) >= 11 is 0. The van der Waals surface area contributed by atoms with E-state index in [0.29, 0.717) is 0 Å². The van der Waals surface area contributed by atoms with Gasteiger partial charge in [-0.2, -0.15) is 0 Å². The Morgan fingerprint density at radius 2 is 2.00 bits per heavy atom. The van der Waals surface area contributed by atoms with Crippen LogP contribution in [0.2, 0.25) is 0 Å². The Kier molecular flexibility index (Phi) is 1.73. The third kappa shape index (κ3) is 1.15. The summed E-state index contributed by atoms with van der Waals surface area (Å²) in [5.74, 6) is 0. The van der Waals surface area contributed by atoms with Crippen molar-refractivity contribution in [1.82, 2.24) is 19.4 Å². The molecule has 0 aromatic carbocycles. The quantitative estimate of drug-likeness (QED) is 0.600. The average Bonchev–Trinajstić information content (AvgIpc) is 2.54. The monoisotopic (exact) mass is 200 g/mol. The fourth-order valence-electron chi connectivity index (χ4n) is 2.17. The summed E-state index contributed by atoms with van der Waals surface area (Å²) < 4.78 is 1.88. The number of fused-ring (bicyclic) bond motifs is 3. The van der Waals surface area contributed by atoms with Crippen LogP contribution in [0.1, 0.15) is 11.3 Å². The van der Waals surface area contributed by atoms with E-state index in [2.05, 4.69) is 24.1 Å². The van der Waals surface area contributed by atoms with Crippen LogP contribution in [0.15, 0.2) is 12.4 Å². The first-order valence-corrected chi connectivity index (χ1v) is 4.97. The van der Waals surface area contributed by atoms with Crippen LogP contribution >= 0.6 is 0 Å². The van der Waals surface area contributed by atoms with Gasteiger partial charge in [-0.25, -0.2) is 0 Å². The average molecular weight is 200 g/mol. The summed E-state index contributed by atoms with van der Waals surface area (Å²) in [6.07, 6.45) is 4.42. The fraction of sp³-hybridized carbons (Fsp3) is 0.273. The van der Waals surface area contributed by atoms with Crippen LogP contribution in [0.25, 0.3) is 11.2 Å². The van der Waals surface area contributed by atoms with Crippen LogP contribution < -0.4 is 0 Å². The molecule has 2 aromatic heterocycles. The molecule has 0 radical (unpaired) electrons. The summed E-state index contributed by atoms with van der Waals surface area (Å²) in [7, 11) is 7.98. The van der Waals surface area contributed by atoms with Crippen molar-refractivity contribution in [2.45, 2.75) is 13.0 Å². The van der Waals surface area contributed by atoms with Crippen LogP contribution in [0.3, 0.4) is 0 Å². The molecule has 1 aliphatic heterocycles. The molecule has 0 N–H and O–H groups in total. The molecule has 0 atom stereocenters. The van der Waals surface area contributed by atoms with E-state index in [1.54, 1.807) is 12.4 Å². The molecule has 2 aromatic rings. The van der Waals surface area contributed by atoms with Crippen molar-refractivity contribution in [2.75, 3.05) is 6.54 Å². The first kappa shape index (κ1) is 8.73. The van der Waals surface area contributed by atoms with Crippen molar-refractivity contribution in [3.05, 3.63) is 37.7 Å². The van der Waals surface area contributed by atoms with E-state index < -0.39 is 0 Å². The van der Waals surface area contributed by atoms with Crippen LogP contribution in [0.4, 0.5) is 0 Å². The summed E-state index contributed by atoms with van der Waals surface area (Å²) in [5.41, 5.74) is 4.35. The highest BCUT2D eigenvalue weighted by Gasteiger charge is 2.13. The van der Waals surface area contributed by atoms with Gasteiger partial charge in [0, 0.05) is 17.9 Å². The lowest BCUT2D eigenvalue weighted by Gasteiger charge is -2.33. The van der Waals surface area contributed by atoms with Gasteiger partial charge in [0.05, 0.1) is 5.65 Å². The van der Waals surface area contributed by atoms with Gasteiger partial charge in [-0.05, 0) is 19.5 Å². The van der Waals surface area contributed by atoms with Crippen molar-refractivity contribution in [3.63, 3.8) is 0 Å². The zero-order chi connectivity index (χ0) is 10.4. The molecule has 0 fully saturated rings. The van der Waals surface area contributed by atoms with Gasteiger partial charge in [0.25, 0.3) is 0 Å². The topological polar surface area (TPSA) is 34.0 Å². The van der Waals surface area contributed by atoms with E-state index in [9.17, 15) is 0 Å². The molecule has 1 aliphatic rings. The lowest BCUT2D eigenvalue weighted by atomic mass is 10.1. The van der Waals surface area contributed by atoms with E-state index in [0.717, 1.165) is 30.7 Å². The SMILES string of the molecule is [CH2-]N1CCc2c(n([CH2-])c3nccnc23)C1. The summed E-state index contributed by atoms with van der Waals surface area (Å²) in [4.78, 5) is 10.7.